The molecular weight excluding hydrogens is 297 g/mol. The molecule has 0 radical (unpaired) electrons. The Bertz CT molecular complexity index is 546. The van der Waals surface area contributed by atoms with E-state index in [1.807, 2.05) is 0 Å². The Kier molecular flexibility index (Phi) is 4.95. The first-order valence-electron chi connectivity index (χ1n) is 7.11. The van der Waals surface area contributed by atoms with Gasteiger partial charge >= 0.3 is 6.18 Å². The number of carbonyl (C=O) groups is 1. The molecule has 7 heteroatoms. The van der Waals surface area contributed by atoms with Gasteiger partial charge < -0.3 is 15.8 Å². The average molecular weight is 316 g/mol. The van der Waals surface area contributed by atoms with E-state index in [2.05, 4.69) is 5.32 Å². The number of halogens is 3. The van der Waals surface area contributed by atoms with E-state index in [4.69, 9.17) is 10.5 Å². The zero-order valence-corrected chi connectivity index (χ0v) is 12.2. The monoisotopic (exact) mass is 316 g/mol. The van der Waals surface area contributed by atoms with Gasteiger partial charge in [0.05, 0.1) is 0 Å². The highest BCUT2D eigenvalue weighted by atomic mass is 19.4. The van der Waals surface area contributed by atoms with Crippen molar-refractivity contribution in [2.75, 3.05) is 11.9 Å². The zero-order valence-electron chi connectivity index (χ0n) is 12.2. The maximum absolute atomic E-state index is 12.1. The summed E-state index contributed by atoms with van der Waals surface area (Å²) < 4.78 is 41.1. The third kappa shape index (κ3) is 4.62. The van der Waals surface area contributed by atoms with Gasteiger partial charge in [-0.25, -0.2) is 0 Å². The summed E-state index contributed by atoms with van der Waals surface area (Å²) in [4.78, 5) is 12.1. The predicted octanol–water partition coefficient (Wildman–Crippen LogP) is 3.00. The van der Waals surface area contributed by atoms with E-state index in [1.54, 1.807) is 13.0 Å². The summed E-state index contributed by atoms with van der Waals surface area (Å²) in [5.74, 6) is -0.0500. The second-order valence-corrected chi connectivity index (χ2v) is 5.64. The van der Waals surface area contributed by atoms with Crippen LogP contribution in [0.15, 0.2) is 18.2 Å². The number of amides is 1. The zero-order chi connectivity index (χ0) is 16.3. The van der Waals surface area contributed by atoms with Crippen LogP contribution in [0.1, 0.15) is 24.8 Å². The van der Waals surface area contributed by atoms with Gasteiger partial charge in [0.15, 0.2) is 6.61 Å². The second kappa shape index (κ2) is 6.56. The van der Waals surface area contributed by atoms with Crippen LogP contribution in [0.5, 0.6) is 5.75 Å². The number of nitrogens with two attached hydrogens (primary N) is 1. The molecular formula is C15H19F3N2O2. The fraction of sp³-hybridized carbons (Fsp3) is 0.533. The van der Waals surface area contributed by atoms with Crippen molar-refractivity contribution in [1.82, 2.24) is 0 Å². The van der Waals surface area contributed by atoms with Crippen molar-refractivity contribution in [3.05, 3.63) is 23.8 Å². The van der Waals surface area contributed by atoms with Crippen LogP contribution >= 0.6 is 0 Å². The maximum atomic E-state index is 12.1. The van der Waals surface area contributed by atoms with Crippen LogP contribution in [-0.4, -0.2) is 24.7 Å². The van der Waals surface area contributed by atoms with Crippen LogP contribution in [0.25, 0.3) is 0 Å². The van der Waals surface area contributed by atoms with Crippen molar-refractivity contribution < 1.29 is 22.7 Å². The largest absolute Gasteiger partial charge is 0.484 e. The molecule has 1 amide bonds. The van der Waals surface area contributed by atoms with Crippen LogP contribution in [0.4, 0.5) is 18.9 Å². The van der Waals surface area contributed by atoms with Crippen LogP contribution in [0.2, 0.25) is 0 Å². The molecule has 1 aliphatic carbocycles. The molecule has 0 saturated heterocycles. The number of nitrogens with one attached hydrogen (secondary N) is 1. The predicted molar refractivity (Wildman–Crippen MR) is 76.7 cm³/mol. The van der Waals surface area contributed by atoms with Crippen LogP contribution in [-0.2, 0) is 4.79 Å². The molecule has 122 valence electrons. The molecule has 0 bridgehead atoms. The highest BCUT2D eigenvalue weighted by Crippen LogP contribution is 2.27. The minimum Gasteiger partial charge on any atom is -0.484 e. The lowest BCUT2D eigenvalue weighted by Gasteiger charge is -2.14. The number of rotatable bonds is 4. The van der Waals surface area contributed by atoms with Gasteiger partial charge in [0.2, 0.25) is 5.91 Å². The van der Waals surface area contributed by atoms with Crippen molar-refractivity contribution in [3.8, 4) is 5.75 Å². The number of alkyl halides is 3. The quantitative estimate of drug-likeness (QED) is 0.897. The fourth-order valence-electron chi connectivity index (χ4n) is 2.55. The Balaban J connectivity index is 1.95. The molecule has 1 aromatic rings. The smallest absolute Gasteiger partial charge is 0.422 e. The van der Waals surface area contributed by atoms with Gasteiger partial charge in [-0.1, -0.05) is 0 Å². The third-order valence-corrected chi connectivity index (χ3v) is 3.68. The van der Waals surface area contributed by atoms with Crippen LogP contribution in [0, 0.1) is 12.8 Å². The minimum atomic E-state index is -4.37. The van der Waals surface area contributed by atoms with E-state index in [9.17, 15) is 18.0 Å². The Morgan fingerprint density at radius 1 is 1.41 bits per heavy atom. The van der Waals surface area contributed by atoms with E-state index in [-0.39, 0.29) is 23.6 Å². The number of anilines is 1. The summed E-state index contributed by atoms with van der Waals surface area (Å²) in [5.41, 5.74) is 6.86. The summed E-state index contributed by atoms with van der Waals surface area (Å²) >= 11 is 0. The van der Waals surface area contributed by atoms with Gasteiger partial charge in [0, 0.05) is 17.6 Å². The lowest BCUT2D eigenvalue weighted by molar-refractivity contribution is -0.153. The molecule has 1 saturated carbocycles. The normalized spacial score (nSPS) is 21.7. The number of hydrogen-bond acceptors (Lipinski definition) is 3. The van der Waals surface area contributed by atoms with Gasteiger partial charge in [-0.05, 0) is 49.9 Å². The third-order valence-electron chi connectivity index (χ3n) is 3.68. The van der Waals surface area contributed by atoms with Crippen molar-refractivity contribution in [2.45, 2.75) is 38.4 Å². The molecule has 2 unspecified atom stereocenters. The van der Waals surface area contributed by atoms with E-state index in [0.29, 0.717) is 17.7 Å². The molecule has 0 heterocycles. The Labute approximate surface area is 126 Å². The first kappa shape index (κ1) is 16.6. The van der Waals surface area contributed by atoms with Crippen molar-refractivity contribution in [2.24, 2.45) is 11.7 Å². The topological polar surface area (TPSA) is 64.4 Å². The molecule has 2 atom stereocenters. The molecule has 0 aromatic heterocycles. The Hall–Kier alpha value is -1.76. The number of carbonyl (C=O) groups excluding carboxylic acids is 1. The van der Waals surface area contributed by atoms with Crippen molar-refractivity contribution >= 4 is 11.6 Å². The molecule has 22 heavy (non-hydrogen) atoms. The van der Waals surface area contributed by atoms with Gasteiger partial charge in [0.1, 0.15) is 5.75 Å². The van der Waals surface area contributed by atoms with Crippen LogP contribution < -0.4 is 15.8 Å². The first-order valence-corrected chi connectivity index (χ1v) is 7.11. The van der Waals surface area contributed by atoms with Crippen molar-refractivity contribution in [3.63, 3.8) is 0 Å². The molecule has 0 spiro atoms. The summed E-state index contributed by atoms with van der Waals surface area (Å²) in [5, 5.41) is 2.77. The average Bonchev–Trinajstić information content (AvgIpc) is 2.83. The summed E-state index contributed by atoms with van der Waals surface area (Å²) in [6.07, 6.45) is -2.11. The highest BCUT2D eigenvalue weighted by Gasteiger charge is 2.29. The summed E-state index contributed by atoms with van der Waals surface area (Å²) in [6.45, 7) is 0.298. The Morgan fingerprint density at radius 2 is 2.14 bits per heavy atom. The number of aryl methyl sites for hydroxylation is 1. The molecule has 4 nitrogen and oxygen atoms in total. The standard InChI is InChI=1S/C15H19F3N2O2/c1-9-6-12(4-5-13(9)22-8-15(16,17)18)20-14(21)10-2-3-11(19)7-10/h4-6,10-11H,2-3,7-8,19H2,1H3,(H,20,21). The van der Waals surface area contributed by atoms with Gasteiger partial charge in [-0.15, -0.1) is 0 Å². The number of benzene rings is 1. The lowest BCUT2D eigenvalue weighted by atomic mass is 10.1. The summed E-state index contributed by atoms with van der Waals surface area (Å²) in [6, 6.07) is 4.62. The van der Waals surface area contributed by atoms with Gasteiger partial charge in [-0.2, -0.15) is 13.2 Å². The molecule has 1 aliphatic rings. The van der Waals surface area contributed by atoms with Gasteiger partial charge in [-0.3, -0.25) is 4.79 Å². The SMILES string of the molecule is Cc1cc(NC(=O)C2CCC(N)C2)ccc1OCC(F)(F)F. The molecule has 1 aromatic carbocycles. The molecule has 0 aliphatic heterocycles. The minimum absolute atomic E-state index is 0.0654. The van der Waals surface area contributed by atoms with Crippen LogP contribution in [0.3, 0.4) is 0 Å². The molecule has 3 N–H and O–H groups in total. The molecule has 2 rings (SSSR count). The molecule has 1 fully saturated rings. The second-order valence-electron chi connectivity index (χ2n) is 5.64. The first-order chi connectivity index (χ1) is 10.2. The number of ether oxygens (including phenoxy) is 1. The highest BCUT2D eigenvalue weighted by molar-refractivity contribution is 5.92. The lowest BCUT2D eigenvalue weighted by Crippen LogP contribution is -2.23. The number of hydrogen-bond donors (Lipinski definition) is 2. The van der Waals surface area contributed by atoms with E-state index in [0.717, 1.165) is 12.8 Å². The van der Waals surface area contributed by atoms with Crippen molar-refractivity contribution in [1.29, 1.82) is 0 Å². The summed E-state index contributed by atoms with van der Waals surface area (Å²) in [7, 11) is 0. The maximum Gasteiger partial charge on any atom is 0.422 e. The Morgan fingerprint density at radius 3 is 2.68 bits per heavy atom. The fourth-order valence-corrected chi connectivity index (χ4v) is 2.55. The van der Waals surface area contributed by atoms with E-state index in [1.165, 1.54) is 12.1 Å². The van der Waals surface area contributed by atoms with Gasteiger partial charge in [0.25, 0.3) is 0 Å². The van der Waals surface area contributed by atoms with E-state index < -0.39 is 12.8 Å². The van der Waals surface area contributed by atoms with E-state index >= 15 is 0 Å².